The minimum absolute atomic E-state index is 0.0391. The standard InChI is InChI=1S/C22H31N5O6/c1-13(19(29)26-16(22(32)33)12-14-6-3-2-4-7-14)25-20(30)17-8-5-11-27(17)21(31)15(23)9-10-18(24)28/h2-4,6-7,13,15-17H,5,8-12,23H2,1H3,(H2,24,28)(H,25,30)(H,26,29)(H,32,33). The van der Waals surface area contributed by atoms with Crippen molar-refractivity contribution in [1.29, 1.82) is 0 Å². The number of amides is 4. The van der Waals surface area contributed by atoms with E-state index in [9.17, 15) is 29.1 Å². The van der Waals surface area contributed by atoms with Crippen LogP contribution >= 0.6 is 0 Å². The van der Waals surface area contributed by atoms with Crippen LogP contribution in [0.1, 0.15) is 38.2 Å². The summed E-state index contributed by atoms with van der Waals surface area (Å²) in [6.45, 7) is 1.77. The molecule has 1 fully saturated rings. The first-order valence-corrected chi connectivity index (χ1v) is 10.8. The van der Waals surface area contributed by atoms with E-state index in [-0.39, 0.29) is 19.3 Å². The maximum atomic E-state index is 12.8. The van der Waals surface area contributed by atoms with Crippen molar-refractivity contribution in [1.82, 2.24) is 15.5 Å². The second-order valence-corrected chi connectivity index (χ2v) is 8.12. The van der Waals surface area contributed by atoms with E-state index >= 15 is 0 Å². The molecule has 0 spiro atoms. The molecule has 0 saturated carbocycles. The maximum absolute atomic E-state index is 12.8. The van der Waals surface area contributed by atoms with Crippen molar-refractivity contribution in [3.8, 4) is 0 Å². The van der Waals surface area contributed by atoms with Crippen LogP contribution in [-0.4, -0.2) is 70.3 Å². The van der Waals surface area contributed by atoms with E-state index in [1.54, 1.807) is 30.3 Å². The van der Waals surface area contributed by atoms with Crippen LogP contribution < -0.4 is 22.1 Å². The van der Waals surface area contributed by atoms with Crippen LogP contribution in [0, 0.1) is 0 Å². The number of carbonyl (C=O) groups excluding carboxylic acids is 4. The first-order valence-electron chi connectivity index (χ1n) is 10.8. The van der Waals surface area contributed by atoms with Crippen LogP contribution in [-0.2, 0) is 30.4 Å². The Hall–Kier alpha value is -3.47. The average molecular weight is 462 g/mol. The van der Waals surface area contributed by atoms with Crippen molar-refractivity contribution in [3.05, 3.63) is 35.9 Å². The van der Waals surface area contributed by atoms with Crippen LogP contribution in [0.25, 0.3) is 0 Å². The van der Waals surface area contributed by atoms with Gasteiger partial charge in [0, 0.05) is 19.4 Å². The summed E-state index contributed by atoms with van der Waals surface area (Å²) in [5, 5.41) is 14.5. The highest BCUT2D eigenvalue weighted by atomic mass is 16.4. The van der Waals surface area contributed by atoms with Gasteiger partial charge >= 0.3 is 5.97 Å². The lowest BCUT2D eigenvalue weighted by molar-refractivity contribution is -0.143. The Balaban J connectivity index is 1.94. The summed E-state index contributed by atoms with van der Waals surface area (Å²) in [5.74, 6) is -3.40. The summed E-state index contributed by atoms with van der Waals surface area (Å²) >= 11 is 0. The van der Waals surface area contributed by atoms with E-state index in [0.29, 0.717) is 19.4 Å². The third-order valence-corrected chi connectivity index (χ3v) is 5.51. The molecule has 0 aliphatic carbocycles. The van der Waals surface area contributed by atoms with Gasteiger partial charge in [0.1, 0.15) is 18.1 Å². The SMILES string of the molecule is CC(NC(=O)C1CCCN1C(=O)C(N)CCC(N)=O)C(=O)NC(Cc1ccccc1)C(=O)O. The summed E-state index contributed by atoms with van der Waals surface area (Å²) in [5.41, 5.74) is 11.7. The molecule has 11 nitrogen and oxygen atoms in total. The number of carboxylic acid groups (broad SMARTS) is 1. The van der Waals surface area contributed by atoms with E-state index in [4.69, 9.17) is 11.5 Å². The molecule has 1 aliphatic heterocycles. The third kappa shape index (κ3) is 7.56. The summed E-state index contributed by atoms with van der Waals surface area (Å²) in [7, 11) is 0. The van der Waals surface area contributed by atoms with Gasteiger partial charge in [0.2, 0.25) is 23.6 Å². The zero-order chi connectivity index (χ0) is 24.5. The fourth-order valence-electron chi connectivity index (χ4n) is 3.66. The Morgan fingerprint density at radius 1 is 1.15 bits per heavy atom. The highest BCUT2D eigenvalue weighted by molar-refractivity contribution is 5.94. The first-order chi connectivity index (χ1) is 15.6. The molecule has 1 saturated heterocycles. The van der Waals surface area contributed by atoms with Gasteiger partial charge in [-0.25, -0.2) is 4.79 Å². The Kier molecular flexibility index (Phi) is 9.34. The Bertz CT molecular complexity index is 877. The van der Waals surface area contributed by atoms with E-state index in [1.807, 2.05) is 0 Å². The summed E-state index contributed by atoms with van der Waals surface area (Å²) in [4.78, 5) is 61.8. The Morgan fingerprint density at radius 3 is 2.42 bits per heavy atom. The zero-order valence-electron chi connectivity index (χ0n) is 18.5. The van der Waals surface area contributed by atoms with E-state index in [0.717, 1.165) is 5.56 Å². The van der Waals surface area contributed by atoms with Gasteiger partial charge in [0.25, 0.3) is 0 Å². The van der Waals surface area contributed by atoms with Crippen LogP contribution in [0.5, 0.6) is 0 Å². The predicted molar refractivity (Wildman–Crippen MR) is 118 cm³/mol. The molecular formula is C22H31N5O6. The number of carbonyl (C=O) groups is 5. The van der Waals surface area contributed by atoms with Gasteiger partial charge in [-0.1, -0.05) is 30.3 Å². The maximum Gasteiger partial charge on any atom is 0.326 e. The monoisotopic (exact) mass is 461 g/mol. The molecule has 1 aromatic carbocycles. The van der Waals surface area contributed by atoms with Gasteiger partial charge in [0.15, 0.2) is 0 Å². The molecule has 7 N–H and O–H groups in total. The van der Waals surface area contributed by atoms with Crippen LogP contribution in [0.2, 0.25) is 0 Å². The molecule has 0 radical (unpaired) electrons. The van der Waals surface area contributed by atoms with Gasteiger partial charge in [-0.3, -0.25) is 19.2 Å². The number of primary amides is 1. The highest BCUT2D eigenvalue weighted by Crippen LogP contribution is 2.19. The molecule has 1 heterocycles. The molecule has 2 rings (SSSR count). The number of likely N-dealkylation sites (tertiary alicyclic amines) is 1. The van der Waals surface area contributed by atoms with E-state index < -0.39 is 53.8 Å². The number of aliphatic carboxylic acids is 1. The number of nitrogens with zero attached hydrogens (tertiary/aromatic N) is 1. The third-order valence-electron chi connectivity index (χ3n) is 5.51. The van der Waals surface area contributed by atoms with Crippen molar-refractivity contribution < 1.29 is 29.1 Å². The van der Waals surface area contributed by atoms with Gasteiger partial charge < -0.3 is 32.1 Å². The largest absolute Gasteiger partial charge is 0.480 e. The number of rotatable bonds is 11. The Labute approximate surface area is 191 Å². The second-order valence-electron chi connectivity index (χ2n) is 8.12. The van der Waals surface area contributed by atoms with Crippen molar-refractivity contribution in [2.24, 2.45) is 11.5 Å². The normalized spacial score (nSPS) is 18.1. The molecule has 1 aliphatic rings. The van der Waals surface area contributed by atoms with Gasteiger partial charge in [-0.2, -0.15) is 0 Å². The van der Waals surface area contributed by atoms with Crippen molar-refractivity contribution in [2.75, 3.05) is 6.54 Å². The number of hydrogen-bond donors (Lipinski definition) is 5. The molecule has 33 heavy (non-hydrogen) atoms. The molecule has 4 unspecified atom stereocenters. The highest BCUT2D eigenvalue weighted by Gasteiger charge is 2.37. The lowest BCUT2D eigenvalue weighted by atomic mass is 10.1. The predicted octanol–water partition coefficient (Wildman–Crippen LogP) is -1.11. The number of carboxylic acids is 1. The van der Waals surface area contributed by atoms with Gasteiger partial charge in [0.05, 0.1) is 6.04 Å². The smallest absolute Gasteiger partial charge is 0.326 e. The number of benzene rings is 1. The number of nitrogens with two attached hydrogens (primary N) is 2. The fraction of sp³-hybridized carbons (Fsp3) is 0.500. The van der Waals surface area contributed by atoms with Crippen molar-refractivity contribution in [2.45, 2.75) is 63.2 Å². The van der Waals surface area contributed by atoms with Crippen molar-refractivity contribution >= 4 is 29.6 Å². The zero-order valence-corrected chi connectivity index (χ0v) is 18.5. The second kappa shape index (κ2) is 12.0. The van der Waals surface area contributed by atoms with Crippen LogP contribution in [0.15, 0.2) is 30.3 Å². The molecular weight excluding hydrogens is 430 g/mol. The van der Waals surface area contributed by atoms with Crippen LogP contribution in [0.3, 0.4) is 0 Å². The molecule has 1 aromatic rings. The molecule has 180 valence electrons. The van der Waals surface area contributed by atoms with Crippen molar-refractivity contribution in [3.63, 3.8) is 0 Å². The topological polar surface area (TPSA) is 185 Å². The summed E-state index contributed by atoms with van der Waals surface area (Å²) < 4.78 is 0. The van der Waals surface area contributed by atoms with Crippen LogP contribution in [0.4, 0.5) is 0 Å². The average Bonchev–Trinajstić information content (AvgIpc) is 3.27. The number of hydrogen-bond acceptors (Lipinski definition) is 6. The fourth-order valence-corrected chi connectivity index (χ4v) is 3.66. The van der Waals surface area contributed by atoms with E-state index in [2.05, 4.69) is 10.6 Å². The minimum atomic E-state index is -1.19. The summed E-state index contributed by atoms with van der Waals surface area (Å²) in [6, 6.07) is 4.93. The van der Waals surface area contributed by atoms with Gasteiger partial charge in [-0.05, 0) is 31.7 Å². The minimum Gasteiger partial charge on any atom is -0.480 e. The molecule has 11 heteroatoms. The Morgan fingerprint density at radius 2 is 1.82 bits per heavy atom. The number of nitrogens with one attached hydrogen (secondary N) is 2. The van der Waals surface area contributed by atoms with E-state index in [1.165, 1.54) is 11.8 Å². The molecule has 4 amide bonds. The lowest BCUT2D eigenvalue weighted by Gasteiger charge is -2.27. The first kappa shape index (κ1) is 25.8. The quantitative estimate of drug-likeness (QED) is 0.276. The summed E-state index contributed by atoms with van der Waals surface area (Å²) in [6.07, 6.45) is 1.13. The molecule has 0 bridgehead atoms. The molecule has 4 atom stereocenters. The van der Waals surface area contributed by atoms with Gasteiger partial charge in [-0.15, -0.1) is 0 Å². The molecule has 0 aromatic heterocycles. The lowest BCUT2D eigenvalue weighted by Crippen LogP contribution is -2.56.